The van der Waals surface area contributed by atoms with Crippen molar-refractivity contribution in [2.75, 3.05) is 0 Å². The van der Waals surface area contributed by atoms with E-state index < -0.39 is 60.6 Å². The van der Waals surface area contributed by atoms with Crippen LogP contribution in [0.5, 0.6) is 0 Å². The van der Waals surface area contributed by atoms with Crippen LogP contribution in [0.15, 0.2) is 0 Å². The first kappa shape index (κ1) is 34.9. The van der Waals surface area contributed by atoms with Gasteiger partial charge in [-0.1, -0.05) is 0 Å². The predicted molar refractivity (Wildman–Crippen MR) is 72.3 cm³/mol. The van der Waals surface area contributed by atoms with Gasteiger partial charge in [-0.05, 0) is 0 Å². The Morgan fingerprint density at radius 1 is 0.625 bits per heavy atom. The van der Waals surface area contributed by atoms with Crippen molar-refractivity contribution in [2.45, 2.75) is 36.8 Å². The van der Waals surface area contributed by atoms with E-state index in [1.165, 1.54) is 0 Å². The van der Waals surface area contributed by atoms with Crippen LogP contribution in [-0.2, 0) is 19.2 Å². The van der Waals surface area contributed by atoms with Gasteiger partial charge in [0.15, 0.2) is 0 Å². The van der Waals surface area contributed by atoms with E-state index in [1.807, 2.05) is 0 Å². The van der Waals surface area contributed by atoms with Crippen LogP contribution in [0.2, 0.25) is 0 Å². The van der Waals surface area contributed by atoms with Gasteiger partial charge in [-0.3, -0.25) is 19.2 Å². The Hall–Kier alpha value is -0.280. The van der Waals surface area contributed by atoms with Crippen molar-refractivity contribution >= 4 is 23.9 Å². The van der Waals surface area contributed by atoms with Crippen LogP contribution in [0.3, 0.4) is 0 Å². The van der Waals surface area contributed by atoms with Gasteiger partial charge in [0.1, 0.15) is 0 Å². The maximum atomic E-state index is 10.8. The summed E-state index contributed by atoms with van der Waals surface area (Å²) in [7, 11) is 0. The van der Waals surface area contributed by atoms with Gasteiger partial charge in [0, 0.05) is 0 Å². The number of nitrogens with two attached hydrogens (primary N) is 2. The van der Waals surface area contributed by atoms with Gasteiger partial charge in [-0.25, -0.2) is 0 Å². The maximum absolute atomic E-state index is 10.8. The molecule has 0 aliphatic heterocycles. The maximum Gasteiger partial charge on any atom is 1.00 e. The summed E-state index contributed by atoms with van der Waals surface area (Å²) in [6.07, 6.45) is -3.90. The van der Waals surface area contributed by atoms with Crippen LogP contribution in [0.4, 0.5) is 0 Å². The zero-order valence-corrected chi connectivity index (χ0v) is 17.4. The molecular formula is C10H22N2Na2O10. The number of carboxylic acid groups (broad SMARTS) is 4. The molecular weight excluding hydrogens is 354 g/mol. The summed E-state index contributed by atoms with van der Waals surface area (Å²) < 4.78 is 0. The molecule has 0 aromatic heterocycles. The molecule has 0 fully saturated rings. The summed E-state index contributed by atoms with van der Waals surface area (Å²) in [5.74, 6) is -6.06. The Labute approximate surface area is 183 Å². The average Bonchev–Trinajstić information content (AvgIpc) is 2.10. The SMILES string of the molecule is NC(CC(=O)O)(CC(=O)O)C(N)(CC(=O)O)CC(=O)O.O.O.[H-].[H-].[Na+].[Na+]. The van der Waals surface area contributed by atoms with Crippen molar-refractivity contribution in [2.24, 2.45) is 11.5 Å². The molecule has 12 N–H and O–H groups in total. The molecule has 0 unspecified atom stereocenters. The van der Waals surface area contributed by atoms with E-state index in [2.05, 4.69) is 0 Å². The van der Waals surface area contributed by atoms with Gasteiger partial charge in [0.2, 0.25) is 0 Å². The van der Waals surface area contributed by atoms with Crippen LogP contribution in [0, 0.1) is 0 Å². The molecule has 14 heteroatoms. The molecule has 0 aliphatic rings. The van der Waals surface area contributed by atoms with Gasteiger partial charge >= 0.3 is 83.0 Å². The molecule has 134 valence electrons. The smallest absolute Gasteiger partial charge is 1.00 e. The second kappa shape index (κ2) is 13.9. The summed E-state index contributed by atoms with van der Waals surface area (Å²) in [6, 6.07) is 0. The fourth-order valence-electron chi connectivity index (χ4n) is 1.91. The predicted octanol–water partition coefficient (Wildman–Crippen LogP) is -9.14. The minimum atomic E-state index is -2.22. The molecule has 0 rings (SSSR count). The molecule has 0 saturated carbocycles. The zero-order valence-electron chi connectivity index (χ0n) is 15.4. The molecule has 0 radical (unpaired) electrons. The molecule has 0 spiro atoms. The molecule has 0 heterocycles. The van der Waals surface area contributed by atoms with Gasteiger partial charge < -0.3 is 45.7 Å². The van der Waals surface area contributed by atoms with Gasteiger partial charge in [-0.2, -0.15) is 0 Å². The van der Waals surface area contributed by atoms with Crippen molar-refractivity contribution in [3.05, 3.63) is 0 Å². The Balaban J connectivity index is -0.000000120. The van der Waals surface area contributed by atoms with Crippen LogP contribution in [0.25, 0.3) is 0 Å². The standard InChI is InChI=1S/C10H16N2O8.2Na.2H2O.2H/c11-9(1-5(13)14,2-6(15)16)10(12,3-7(17)18)4-8(19)20;;;;;;/h1-4,11-12H2,(H,13,14)(H,15,16)(H,17,18)(H,19,20);;;2*1H2;;/q;2*+1;;;2*-1. The molecule has 0 aromatic rings. The number of carbonyl (C=O) groups is 4. The molecule has 0 bridgehead atoms. The minimum absolute atomic E-state index is 0. The van der Waals surface area contributed by atoms with Gasteiger partial charge in [0.25, 0.3) is 0 Å². The van der Waals surface area contributed by atoms with Crippen LogP contribution in [0.1, 0.15) is 28.5 Å². The second-order valence-corrected chi connectivity index (χ2v) is 4.59. The van der Waals surface area contributed by atoms with Crippen LogP contribution < -0.4 is 70.6 Å². The quantitative estimate of drug-likeness (QED) is 0.207. The summed E-state index contributed by atoms with van der Waals surface area (Å²) >= 11 is 0. The Morgan fingerprint density at radius 2 is 0.750 bits per heavy atom. The van der Waals surface area contributed by atoms with Crippen molar-refractivity contribution in [1.82, 2.24) is 0 Å². The second-order valence-electron chi connectivity index (χ2n) is 4.59. The van der Waals surface area contributed by atoms with Crippen molar-refractivity contribution in [3.63, 3.8) is 0 Å². The fraction of sp³-hybridized carbons (Fsp3) is 0.600. The van der Waals surface area contributed by atoms with Crippen molar-refractivity contribution < 1.29 is 113 Å². The molecule has 0 aromatic carbocycles. The van der Waals surface area contributed by atoms with E-state index in [-0.39, 0.29) is 72.9 Å². The van der Waals surface area contributed by atoms with E-state index in [0.717, 1.165) is 0 Å². The normalized spacial score (nSPS) is 9.92. The third kappa shape index (κ3) is 11.3. The van der Waals surface area contributed by atoms with E-state index in [9.17, 15) is 19.2 Å². The molecule has 24 heavy (non-hydrogen) atoms. The number of rotatable bonds is 9. The topological polar surface area (TPSA) is 264 Å². The van der Waals surface area contributed by atoms with E-state index in [0.29, 0.717) is 0 Å². The summed E-state index contributed by atoms with van der Waals surface area (Å²) in [6.45, 7) is 0. The first-order valence-electron chi connectivity index (χ1n) is 5.37. The van der Waals surface area contributed by atoms with Crippen molar-refractivity contribution in [3.8, 4) is 0 Å². The third-order valence-corrected chi connectivity index (χ3v) is 2.86. The molecule has 0 atom stereocenters. The van der Waals surface area contributed by atoms with Crippen LogP contribution >= 0.6 is 0 Å². The average molecular weight is 376 g/mol. The summed E-state index contributed by atoms with van der Waals surface area (Å²) in [5.41, 5.74) is 6.88. The summed E-state index contributed by atoms with van der Waals surface area (Å²) in [4.78, 5) is 43.2. The summed E-state index contributed by atoms with van der Waals surface area (Å²) in [5, 5.41) is 35.1. The van der Waals surface area contributed by atoms with Gasteiger partial charge in [-0.15, -0.1) is 0 Å². The minimum Gasteiger partial charge on any atom is -1.00 e. The first-order chi connectivity index (χ1) is 8.92. The fourth-order valence-corrected chi connectivity index (χ4v) is 1.91. The number of hydrogen-bond acceptors (Lipinski definition) is 6. The largest absolute Gasteiger partial charge is 1.00 e. The Morgan fingerprint density at radius 3 is 0.833 bits per heavy atom. The number of hydrogen-bond donors (Lipinski definition) is 6. The molecule has 0 aliphatic carbocycles. The van der Waals surface area contributed by atoms with Crippen LogP contribution in [-0.4, -0.2) is 66.3 Å². The molecule has 0 amide bonds. The zero-order chi connectivity index (χ0) is 16.1. The number of aliphatic carboxylic acids is 4. The van der Waals surface area contributed by atoms with Gasteiger partial charge in [0.05, 0.1) is 36.8 Å². The number of carboxylic acids is 4. The van der Waals surface area contributed by atoms with Crippen molar-refractivity contribution in [1.29, 1.82) is 0 Å². The Kier molecular flexibility index (Phi) is 20.3. The monoisotopic (exact) mass is 376 g/mol. The molecule has 0 saturated heterocycles. The van der Waals surface area contributed by atoms with E-state index in [4.69, 9.17) is 31.9 Å². The Bertz CT molecular complexity index is 384. The van der Waals surface area contributed by atoms with E-state index in [1.54, 1.807) is 0 Å². The molecule has 12 nitrogen and oxygen atoms in total. The first-order valence-corrected chi connectivity index (χ1v) is 5.37. The third-order valence-electron chi connectivity index (χ3n) is 2.86. The van der Waals surface area contributed by atoms with E-state index >= 15 is 0 Å².